The molecule has 0 N–H and O–H groups in total. The van der Waals surface area contributed by atoms with Crippen LogP contribution in [0.3, 0.4) is 0 Å². The molecule has 0 unspecified atom stereocenters. The van der Waals surface area contributed by atoms with Crippen LogP contribution in [0.4, 0.5) is 0 Å². The third-order valence-electron chi connectivity index (χ3n) is 2.21. The van der Waals surface area contributed by atoms with Gasteiger partial charge in [-0.3, -0.25) is 9.36 Å². The van der Waals surface area contributed by atoms with Crippen LogP contribution in [0.2, 0.25) is 0 Å². The molecule has 0 aromatic carbocycles. The molecular formula is C11H12N2OS2. The second-order valence-corrected chi connectivity index (χ2v) is 5.16. The summed E-state index contributed by atoms with van der Waals surface area (Å²) < 4.78 is 1.61. The van der Waals surface area contributed by atoms with Gasteiger partial charge in [-0.1, -0.05) is 23.9 Å². The van der Waals surface area contributed by atoms with Crippen molar-refractivity contribution in [2.75, 3.05) is 5.75 Å². The van der Waals surface area contributed by atoms with E-state index in [0.29, 0.717) is 5.39 Å². The van der Waals surface area contributed by atoms with E-state index in [9.17, 15) is 4.79 Å². The van der Waals surface area contributed by atoms with Gasteiger partial charge in [0.1, 0.15) is 4.83 Å². The number of aromatic nitrogens is 2. The maximum absolute atomic E-state index is 11.9. The smallest absolute Gasteiger partial charge is 0.262 e. The summed E-state index contributed by atoms with van der Waals surface area (Å²) in [6, 6.07) is 1.83. The third kappa shape index (κ3) is 2.05. The summed E-state index contributed by atoms with van der Waals surface area (Å²) in [7, 11) is 1.77. The number of thioether (sulfide) groups is 1. The van der Waals surface area contributed by atoms with Crippen LogP contribution in [-0.2, 0) is 7.05 Å². The SMILES string of the molecule is CC=CCSc1nc2sccc2c(=O)n1C. The van der Waals surface area contributed by atoms with Crippen molar-refractivity contribution >= 4 is 33.3 Å². The molecule has 0 saturated carbocycles. The van der Waals surface area contributed by atoms with Crippen LogP contribution in [0, 0.1) is 0 Å². The summed E-state index contributed by atoms with van der Waals surface area (Å²) in [6.45, 7) is 1.98. The molecule has 5 heteroatoms. The Morgan fingerprint density at radius 1 is 1.62 bits per heavy atom. The predicted octanol–water partition coefficient (Wildman–Crippen LogP) is 2.66. The minimum absolute atomic E-state index is 0.0363. The number of thiophene rings is 1. The first-order valence-electron chi connectivity index (χ1n) is 4.92. The zero-order valence-corrected chi connectivity index (χ0v) is 10.8. The van der Waals surface area contributed by atoms with Crippen LogP contribution in [0.1, 0.15) is 6.92 Å². The van der Waals surface area contributed by atoms with E-state index in [0.717, 1.165) is 15.7 Å². The first-order chi connectivity index (χ1) is 7.74. The van der Waals surface area contributed by atoms with Crippen LogP contribution < -0.4 is 5.56 Å². The summed E-state index contributed by atoms with van der Waals surface area (Å²) in [6.07, 6.45) is 4.05. The first-order valence-corrected chi connectivity index (χ1v) is 6.78. The van der Waals surface area contributed by atoms with E-state index in [1.165, 1.54) is 11.3 Å². The van der Waals surface area contributed by atoms with Gasteiger partial charge in [-0.05, 0) is 18.4 Å². The van der Waals surface area contributed by atoms with Gasteiger partial charge in [-0.2, -0.15) is 0 Å². The molecule has 0 radical (unpaired) electrons. The molecule has 0 spiro atoms. The number of hydrogen-bond donors (Lipinski definition) is 0. The molecule has 2 heterocycles. The Labute approximate surface area is 102 Å². The minimum Gasteiger partial charge on any atom is -0.290 e. The molecule has 2 aromatic rings. The molecular weight excluding hydrogens is 240 g/mol. The minimum atomic E-state index is 0.0363. The van der Waals surface area contributed by atoms with E-state index >= 15 is 0 Å². The standard InChI is InChI=1S/C11H12N2OS2/c1-3-4-6-16-11-12-9-8(5-7-15-9)10(14)13(11)2/h3-5,7H,6H2,1-2H3. The van der Waals surface area contributed by atoms with Crippen LogP contribution in [-0.4, -0.2) is 15.3 Å². The van der Waals surface area contributed by atoms with Gasteiger partial charge < -0.3 is 0 Å². The Morgan fingerprint density at radius 2 is 2.44 bits per heavy atom. The van der Waals surface area contributed by atoms with Gasteiger partial charge in [0.15, 0.2) is 5.16 Å². The van der Waals surface area contributed by atoms with Crippen LogP contribution >= 0.6 is 23.1 Å². The summed E-state index contributed by atoms with van der Waals surface area (Å²) in [5, 5.41) is 3.39. The van der Waals surface area contributed by atoms with Crippen LogP contribution in [0.25, 0.3) is 10.2 Å². The summed E-state index contributed by atoms with van der Waals surface area (Å²) >= 11 is 3.08. The van der Waals surface area contributed by atoms with Crippen molar-refractivity contribution < 1.29 is 0 Å². The molecule has 2 aromatic heterocycles. The predicted molar refractivity (Wildman–Crippen MR) is 70.4 cm³/mol. The number of hydrogen-bond acceptors (Lipinski definition) is 4. The molecule has 84 valence electrons. The molecule has 0 saturated heterocycles. The zero-order chi connectivity index (χ0) is 11.5. The molecule has 0 aliphatic carbocycles. The monoisotopic (exact) mass is 252 g/mol. The average molecular weight is 252 g/mol. The van der Waals surface area contributed by atoms with Gasteiger partial charge in [0.25, 0.3) is 5.56 Å². The number of nitrogens with zero attached hydrogens (tertiary/aromatic N) is 2. The van der Waals surface area contributed by atoms with Crippen molar-refractivity contribution in [1.82, 2.24) is 9.55 Å². The second kappa shape index (κ2) is 4.84. The van der Waals surface area contributed by atoms with E-state index in [-0.39, 0.29) is 5.56 Å². The summed E-state index contributed by atoms with van der Waals surface area (Å²) in [4.78, 5) is 17.2. The highest BCUT2D eigenvalue weighted by Crippen LogP contribution is 2.20. The average Bonchev–Trinajstić information content (AvgIpc) is 2.73. The van der Waals surface area contributed by atoms with E-state index in [1.807, 2.05) is 24.4 Å². The van der Waals surface area contributed by atoms with Gasteiger partial charge in [-0.25, -0.2) is 4.98 Å². The Hall–Kier alpha value is -1.07. The van der Waals surface area contributed by atoms with Crippen molar-refractivity contribution in [3.8, 4) is 0 Å². The fraction of sp³-hybridized carbons (Fsp3) is 0.273. The number of allylic oxidation sites excluding steroid dienone is 1. The maximum atomic E-state index is 11.9. The van der Waals surface area contributed by atoms with E-state index in [1.54, 1.807) is 23.4 Å². The maximum Gasteiger partial charge on any atom is 0.262 e. The fourth-order valence-electron chi connectivity index (χ4n) is 1.33. The molecule has 0 bridgehead atoms. The van der Waals surface area contributed by atoms with Crippen LogP contribution in [0.15, 0.2) is 33.5 Å². The summed E-state index contributed by atoms with van der Waals surface area (Å²) in [5.41, 5.74) is 0.0363. The first kappa shape index (κ1) is 11.4. The molecule has 3 nitrogen and oxygen atoms in total. The lowest BCUT2D eigenvalue weighted by Gasteiger charge is -2.04. The lowest BCUT2D eigenvalue weighted by Crippen LogP contribution is -2.19. The van der Waals surface area contributed by atoms with Crippen LogP contribution in [0.5, 0.6) is 0 Å². The molecule has 16 heavy (non-hydrogen) atoms. The molecule has 2 rings (SSSR count). The van der Waals surface area contributed by atoms with E-state index in [4.69, 9.17) is 0 Å². The van der Waals surface area contributed by atoms with Crippen molar-refractivity contribution in [2.24, 2.45) is 7.05 Å². The van der Waals surface area contributed by atoms with Gasteiger partial charge in [0.2, 0.25) is 0 Å². The molecule has 0 aliphatic heterocycles. The topological polar surface area (TPSA) is 34.9 Å². The normalized spacial score (nSPS) is 11.6. The van der Waals surface area contributed by atoms with Gasteiger partial charge in [0, 0.05) is 12.8 Å². The molecule has 0 atom stereocenters. The van der Waals surface area contributed by atoms with E-state index < -0.39 is 0 Å². The van der Waals surface area contributed by atoms with Gasteiger partial charge in [0.05, 0.1) is 5.39 Å². The molecule has 0 fully saturated rings. The summed E-state index contributed by atoms with van der Waals surface area (Å²) in [5.74, 6) is 0.841. The van der Waals surface area contributed by atoms with Gasteiger partial charge in [-0.15, -0.1) is 11.3 Å². The Balaban J connectivity index is 2.45. The highest BCUT2D eigenvalue weighted by Gasteiger charge is 2.08. The van der Waals surface area contributed by atoms with E-state index in [2.05, 4.69) is 11.1 Å². The van der Waals surface area contributed by atoms with Crippen molar-refractivity contribution in [1.29, 1.82) is 0 Å². The van der Waals surface area contributed by atoms with Gasteiger partial charge >= 0.3 is 0 Å². The largest absolute Gasteiger partial charge is 0.290 e. The van der Waals surface area contributed by atoms with Crippen molar-refractivity contribution in [2.45, 2.75) is 12.1 Å². The van der Waals surface area contributed by atoms with Crippen molar-refractivity contribution in [3.05, 3.63) is 34.0 Å². The number of fused-ring (bicyclic) bond motifs is 1. The Kier molecular flexibility index (Phi) is 3.46. The number of rotatable bonds is 3. The highest BCUT2D eigenvalue weighted by molar-refractivity contribution is 7.99. The lowest BCUT2D eigenvalue weighted by atomic mass is 10.4. The zero-order valence-electron chi connectivity index (χ0n) is 9.14. The fourth-order valence-corrected chi connectivity index (χ4v) is 3.01. The second-order valence-electron chi connectivity index (χ2n) is 3.28. The quantitative estimate of drug-likeness (QED) is 0.478. The Morgan fingerprint density at radius 3 is 3.19 bits per heavy atom. The lowest BCUT2D eigenvalue weighted by molar-refractivity contribution is 0.729. The van der Waals surface area contributed by atoms with Crippen molar-refractivity contribution in [3.63, 3.8) is 0 Å². The molecule has 0 amide bonds. The highest BCUT2D eigenvalue weighted by atomic mass is 32.2. The third-order valence-corrected chi connectivity index (χ3v) is 4.00. The molecule has 0 aliphatic rings. The Bertz CT molecular complexity index is 583.